The third-order valence-corrected chi connectivity index (χ3v) is 3.78. The van der Waals surface area contributed by atoms with E-state index < -0.39 is 0 Å². The second-order valence-electron chi connectivity index (χ2n) is 4.73. The number of benzene rings is 1. The molecule has 0 spiro atoms. The first kappa shape index (κ1) is 12.2. The molecule has 4 aromatic rings. The molecule has 21 heavy (non-hydrogen) atoms. The highest BCUT2D eigenvalue weighted by Crippen LogP contribution is 2.32. The SMILES string of the molecule is Cc1nc2c(-c3ccccc3Cl)ccnc2n2cnnc12. The van der Waals surface area contributed by atoms with Crippen LogP contribution in [0.25, 0.3) is 27.9 Å². The van der Waals surface area contributed by atoms with Crippen molar-refractivity contribution < 1.29 is 0 Å². The van der Waals surface area contributed by atoms with E-state index in [2.05, 4.69) is 20.2 Å². The Labute approximate surface area is 125 Å². The first-order valence-corrected chi connectivity index (χ1v) is 6.83. The van der Waals surface area contributed by atoms with Crippen molar-refractivity contribution in [3.63, 3.8) is 0 Å². The van der Waals surface area contributed by atoms with E-state index in [0.717, 1.165) is 28.0 Å². The average molecular weight is 296 g/mol. The Kier molecular flexibility index (Phi) is 2.62. The molecule has 0 amide bonds. The van der Waals surface area contributed by atoms with E-state index in [4.69, 9.17) is 11.6 Å². The van der Waals surface area contributed by atoms with Crippen LogP contribution in [0, 0.1) is 6.92 Å². The average Bonchev–Trinajstić information content (AvgIpc) is 2.98. The number of aromatic nitrogens is 5. The van der Waals surface area contributed by atoms with Crippen LogP contribution in [0.3, 0.4) is 0 Å². The van der Waals surface area contributed by atoms with Crippen LogP contribution in [0.1, 0.15) is 5.69 Å². The van der Waals surface area contributed by atoms with Crippen molar-refractivity contribution in [1.82, 2.24) is 24.6 Å². The van der Waals surface area contributed by atoms with Crippen LogP contribution in [0.5, 0.6) is 0 Å². The molecule has 0 saturated heterocycles. The highest BCUT2D eigenvalue weighted by molar-refractivity contribution is 6.33. The fourth-order valence-corrected chi connectivity index (χ4v) is 2.72. The summed E-state index contributed by atoms with van der Waals surface area (Å²) in [5.41, 5.74) is 4.91. The minimum atomic E-state index is 0.688. The van der Waals surface area contributed by atoms with Gasteiger partial charge in [0.1, 0.15) is 11.8 Å². The zero-order valence-electron chi connectivity index (χ0n) is 11.2. The first-order valence-electron chi connectivity index (χ1n) is 6.45. The summed E-state index contributed by atoms with van der Waals surface area (Å²) in [5, 5.41) is 8.70. The van der Waals surface area contributed by atoms with Crippen LogP contribution in [-0.4, -0.2) is 24.6 Å². The Morgan fingerprint density at radius 3 is 2.76 bits per heavy atom. The molecule has 0 unspecified atom stereocenters. The summed E-state index contributed by atoms with van der Waals surface area (Å²) >= 11 is 6.32. The van der Waals surface area contributed by atoms with Gasteiger partial charge in [-0.1, -0.05) is 29.8 Å². The van der Waals surface area contributed by atoms with Gasteiger partial charge in [0.25, 0.3) is 0 Å². The second kappa shape index (κ2) is 4.49. The van der Waals surface area contributed by atoms with Gasteiger partial charge in [0.2, 0.25) is 0 Å². The van der Waals surface area contributed by atoms with Gasteiger partial charge in [0, 0.05) is 22.3 Å². The van der Waals surface area contributed by atoms with Crippen LogP contribution in [0.15, 0.2) is 42.9 Å². The number of aryl methyl sites for hydroxylation is 1. The Balaban J connectivity index is 2.16. The molecule has 102 valence electrons. The van der Waals surface area contributed by atoms with E-state index in [9.17, 15) is 0 Å². The Morgan fingerprint density at radius 1 is 1.05 bits per heavy atom. The molecule has 3 heterocycles. The van der Waals surface area contributed by atoms with E-state index in [1.165, 1.54) is 0 Å². The summed E-state index contributed by atoms with van der Waals surface area (Å²) in [6.07, 6.45) is 3.40. The number of pyridine rings is 1. The van der Waals surface area contributed by atoms with Gasteiger partial charge in [-0.2, -0.15) is 0 Å². The number of rotatable bonds is 1. The smallest absolute Gasteiger partial charge is 0.183 e. The van der Waals surface area contributed by atoms with Gasteiger partial charge in [0.05, 0.1) is 5.69 Å². The topological polar surface area (TPSA) is 56.0 Å². The molecule has 5 nitrogen and oxygen atoms in total. The number of hydrogen-bond acceptors (Lipinski definition) is 4. The standard InChI is InChI=1S/C15H10ClN5/c1-9-14-20-18-8-21(14)15-13(19-9)11(6-7-17-15)10-4-2-3-5-12(10)16/h2-8H,1H3. The lowest BCUT2D eigenvalue weighted by atomic mass is 10.1. The molecule has 0 bridgehead atoms. The Bertz CT molecular complexity index is 976. The number of hydrogen-bond donors (Lipinski definition) is 0. The van der Waals surface area contributed by atoms with E-state index in [-0.39, 0.29) is 0 Å². The van der Waals surface area contributed by atoms with Gasteiger partial charge >= 0.3 is 0 Å². The highest BCUT2D eigenvalue weighted by atomic mass is 35.5. The van der Waals surface area contributed by atoms with E-state index in [1.54, 1.807) is 12.5 Å². The second-order valence-corrected chi connectivity index (χ2v) is 5.14. The van der Waals surface area contributed by atoms with Crippen LogP contribution in [-0.2, 0) is 0 Å². The van der Waals surface area contributed by atoms with Crippen molar-refractivity contribution in [2.45, 2.75) is 6.92 Å². The van der Waals surface area contributed by atoms with E-state index in [0.29, 0.717) is 10.7 Å². The van der Waals surface area contributed by atoms with Crippen molar-refractivity contribution in [2.24, 2.45) is 0 Å². The number of fused-ring (bicyclic) bond motifs is 3. The third kappa shape index (κ3) is 1.78. The van der Waals surface area contributed by atoms with Crippen molar-refractivity contribution >= 4 is 28.4 Å². The normalized spacial score (nSPS) is 11.3. The maximum absolute atomic E-state index is 6.32. The van der Waals surface area contributed by atoms with Crippen molar-refractivity contribution in [2.75, 3.05) is 0 Å². The maximum atomic E-state index is 6.32. The predicted molar refractivity (Wildman–Crippen MR) is 81.3 cm³/mol. The first-order chi connectivity index (χ1) is 10.3. The Hall–Kier alpha value is -2.53. The summed E-state index contributed by atoms with van der Waals surface area (Å²) in [6.45, 7) is 1.91. The molecule has 0 saturated carbocycles. The van der Waals surface area contributed by atoms with E-state index >= 15 is 0 Å². The zero-order chi connectivity index (χ0) is 14.4. The molecular weight excluding hydrogens is 286 g/mol. The third-order valence-electron chi connectivity index (χ3n) is 3.45. The number of nitrogens with zero attached hydrogens (tertiary/aromatic N) is 5. The van der Waals surface area contributed by atoms with Crippen LogP contribution < -0.4 is 0 Å². The lowest BCUT2D eigenvalue weighted by Gasteiger charge is -2.09. The summed E-state index contributed by atoms with van der Waals surface area (Å²) in [7, 11) is 0. The van der Waals surface area contributed by atoms with Gasteiger partial charge < -0.3 is 0 Å². The van der Waals surface area contributed by atoms with Crippen molar-refractivity contribution in [3.8, 4) is 11.1 Å². The molecule has 6 heteroatoms. The molecule has 0 aliphatic heterocycles. The molecule has 0 N–H and O–H groups in total. The lowest BCUT2D eigenvalue weighted by molar-refractivity contribution is 1.10. The van der Waals surface area contributed by atoms with Gasteiger partial charge in [0.15, 0.2) is 11.3 Å². The molecule has 0 atom stereocenters. The van der Waals surface area contributed by atoms with Gasteiger partial charge in [-0.15, -0.1) is 10.2 Å². The van der Waals surface area contributed by atoms with Gasteiger partial charge in [-0.25, -0.2) is 9.97 Å². The predicted octanol–water partition coefficient (Wildman–Crippen LogP) is 3.30. The molecule has 1 aromatic carbocycles. The quantitative estimate of drug-likeness (QED) is 0.540. The fourth-order valence-electron chi connectivity index (χ4n) is 2.48. The van der Waals surface area contributed by atoms with Gasteiger partial charge in [-0.3, -0.25) is 4.40 Å². The van der Waals surface area contributed by atoms with Crippen molar-refractivity contribution in [3.05, 3.63) is 53.6 Å². The van der Waals surface area contributed by atoms with Crippen LogP contribution >= 0.6 is 11.6 Å². The van der Waals surface area contributed by atoms with Crippen LogP contribution in [0.2, 0.25) is 5.02 Å². The monoisotopic (exact) mass is 295 g/mol. The maximum Gasteiger partial charge on any atom is 0.183 e. The fraction of sp³-hybridized carbons (Fsp3) is 0.0667. The largest absolute Gasteiger partial charge is 0.262 e. The number of halogens is 1. The highest BCUT2D eigenvalue weighted by Gasteiger charge is 2.13. The van der Waals surface area contributed by atoms with Crippen LogP contribution in [0.4, 0.5) is 0 Å². The molecule has 0 aliphatic carbocycles. The van der Waals surface area contributed by atoms with E-state index in [1.807, 2.05) is 41.7 Å². The molecule has 0 fully saturated rings. The zero-order valence-corrected chi connectivity index (χ0v) is 11.9. The van der Waals surface area contributed by atoms with Gasteiger partial charge in [-0.05, 0) is 19.1 Å². The summed E-state index contributed by atoms with van der Waals surface area (Å²) in [6, 6.07) is 9.63. The summed E-state index contributed by atoms with van der Waals surface area (Å²) < 4.78 is 1.85. The summed E-state index contributed by atoms with van der Waals surface area (Å²) in [4.78, 5) is 9.06. The minimum Gasteiger partial charge on any atom is -0.262 e. The molecule has 0 aliphatic rings. The molecular formula is C15H10ClN5. The van der Waals surface area contributed by atoms with Crippen molar-refractivity contribution in [1.29, 1.82) is 0 Å². The molecule has 4 rings (SSSR count). The molecule has 0 radical (unpaired) electrons. The Morgan fingerprint density at radius 2 is 1.90 bits per heavy atom. The summed E-state index contributed by atoms with van der Waals surface area (Å²) in [5.74, 6) is 0. The minimum absolute atomic E-state index is 0.688. The lowest BCUT2D eigenvalue weighted by Crippen LogP contribution is -1.98. The molecule has 3 aromatic heterocycles.